The van der Waals surface area contributed by atoms with Crippen LogP contribution in [-0.2, 0) is 9.53 Å². The highest BCUT2D eigenvalue weighted by Gasteiger charge is 2.14. The van der Waals surface area contributed by atoms with Crippen LogP contribution >= 0.6 is 11.3 Å². The molecule has 104 valence electrons. The Morgan fingerprint density at radius 3 is 2.70 bits per heavy atom. The number of nitrogens with one attached hydrogen (secondary N) is 1. The molecule has 1 aromatic heterocycles. The number of hydrogen-bond acceptors (Lipinski definition) is 6. The highest BCUT2D eigenvalue weighted by molar-refractivity contribution is 7.20. The second-order valence-corrected chi connectivity index (χ2v) is 4.98. The van der Waals surface area contributed by atoms with Crippen LogP contribution in [0.25, 0.3) is 10.1 Å². The summed E-state index contributed by atoms with van der Waals surface area (Å²) in [6, 6.07) is 5.90. The third-order valence-corrected chi connectivity index (χ3v) is 3.43. The first-order chi connectivity index (χ1) is 9.45. The summed E-state index contributed by atoms with van der Waals surface area (Å²) in [5, 5.41) is 2.62. The molecule has 0 aliphatic rings. The van der Waals surface area contributed by atoms with Crippen molar-refractivity contribution in [3.8, 4) is 0 Å². The SMILES string of the molecule is NC(=O)NC(=O)COC(=O)c1cc2cc(N)ccc2s1. The van der Waals surface area contributed by atoms with E-state index in [0.717, 1.165) is 10.1 Å². The molecule has 0 saturated heterocycles. The Morgan fingerprint density at radius 2 is 2.00 bits per heavy atom. The molecule has 0 atom stereocenters. The third-order valence-electron chi connectivity index (χ3n) is 2.34. The van der Waals surface area contributed by atoms with E-state index in [1.165, 1.54) is 11.3 Å². The quantitative estimate of drug-likeness (QED) is 0.571. The van der Waals surface area contributed by atoms with Crippen molar-refractivity contribution in [3.05, 3.63) is 29.1 Å². The Morgan fingerprint density at radius 1 is 1.25 bits per heavy atom. The van der Waals surface area contributed by atoms with Crippen LogP contribution in [0.5, 0.6) is 0 Å². The Hall–Kier alpha value is -2.61. The molecule has 0 saturated carbocycles. The van der Waals surface area contributed by atoms with Gasteiger partial charge in [0.1, 0.15) is 4.88 Å². The molecule has 1 aromatic carbocycles. The van der Waals surface area contributed by atoms with Crippen molar-refractivity contribution in [1.29, 1.82) is 0 Å². The van der Waals surface area contributed by atoms with E-state index < -0.39 is 24.5 Å². The second kappa shape index (κ2) is 5.57. The van der Waals surface area contributed by atoms with Crippen LogP contribution in [0.4, 0.5) is 10.5 Å². The first kappa shape index (κ1) is 13.8. The summed E-state index contributed by atoms with van der Waals surface area (Å²) in [7, 11) is 0. The lowest BCUT2D eigenvalue weighted by Gasteiger charge is -2.02. The van der Waals surface area contributed by atoms with Gasteiger partial charge in [0, 0.05) is 10.4 Å². The highest BCUT2D eigenvalue weighted by Crippen LogP contribution is 2.27. The third kappa shape index (κ3) is 3.23. The number of nitrogens with two attached hydrogens (primary N) is 2. The molecular formula is C12H11N3O4S. The van der Waals surface area contributed by atoms with Gasteiger partial charge in [-0.2, -0.15) is 0 Å². The lowest BCUT2D eigenvalue weighted by molar-refractivity contribution is -0.123. The van der Waals surface area contributed by atoms with Gasteiger partial charge in [-0.15, -0.1) is 11.3 Å². The van der Waals surface area contributed by atoms with E-state index >= 15 is 0 Å². The number of thiophene rings is 1. The molecule has 0 aliphatic heterocycles. The van der Waals surface area contributed by atoms with Crippen LogP contribution in [0, 0.1) is 0 Å². The second-order valence-electron chi connectivity index (χ2n) is 3.90. The molecule has 20 heavy (non-hydrogen) atoms. The molecule has 1 heterocycles. The number of carbonyl (C=O) groups excluding carboxylic acids is 3. The summed E-state index contributed by atoms with van der Waals surface area (Å²) in [6.07, 6.45) is 0. The minimum Gasteiger partial charge on any atom is -0.451 e. The van der Waals surface area contributed by atoms with Crippen LogP contribution < -0.4 is 16.8 Å². The molecule has 0 bridgehead atoms. The number of primary amides is 1. The summed E-state index contributed by atoms with van der Waals surface area (Å²) in [5.74, 6) is -1.43. The fraction of sp³-hybridized carbons (Fsp3) is 0.0833. The molecule has 0 radical (unpaired) electrons. The number of carbonyl (C=O) groups is 3. The Kier molecular flexibility index (Phi) is 3.85. The molecule has 2 rings (SSSR count). The number of fused-ring (bicyclic) bond motifs is 1. The van der Waals surface area contributed by atoms with Crippen LogP contribution in [0.15, 0.2) is 24.3 Å². The number of imide groups is 1. The van der Waals surface area contributed by atoms with Crippen molar-refractivity contribution in [1.82, 2.24) is 5.32 Å². The number of benzene rings is 1. The van der Waals surface area contributed by atoms with Crippen molar-refractivity contribution in [2.24, 2.45) is 5.73 Å². The first-order valence-electron chi connectivity index (χ1n) is 5.51. The first-order valence-corrected chi connectivity index (χ1v) is 6.33. The number of hydrogen-bond donors (Lipinski definition) is 3. The number of nitrogen functional groups attached to an aromatic ring is 1. The minimum atomic E-state index is -0.997. The number of urea groups is 1. The monoisotopic (exact) mass is 293 g/mol. The van der Waals surface area contributed by atoms with Crippen molar-refractivity contribution >= 4 is 45.0 Å². The maximum atomic E-state index is 11.8. The van der Waals surface area contributed by atoms with Gasteiger partial charge < -0.3 is 16.2 Å². The zero-order valence-electron chi connectivity index (χ0n) is 10.2. The molecule has 5 N–H and O–H groups in total. The number of esters is 1. The Bertz CT molecular complexity index is 695. The summed E-state index contributed by atoms with van der Waals surface area (Å²) in [5.41, 5.74) is 11.0. The van der Waals surface area contributed by atoms with E-state index in [1.54, 1.807) is 29.6 Å². The molecule has 0 fully saturated rings. The zero-order valence-corrected chi connectivity index (χ0v) is 11.0. The van der Waals surface area contributed by atoms with E-state index in [2.05, 4.69) is 0 Å². The summed E-state index contributed by atoms with van der Waals surface area (Å²) >= 11 is 1.23. The minimum absolute atomic E-state index is 0.345. The molecule has 7 nitrogen and oxygen atoms in total. The fourth-order valence-corrected chi connectivity index (χ4v) is 2.48. The van der Waals surface area contributed by atoms with Crippen molar-refractivity contribution < 1.29 is 19.1 Å². The maximum Gasteiger partial charge on any atom is 0.348 e. The average Bonchev–Trinajstić information content (AvgIpc) is 2.78. The summed E-state index contributed by atoms with van der Waals surface area (Å²) in [6.45, 7) is -0.571. The van der Waals surface area contributed by atoms with E-state index in [-0.39, 0.29) is 0 Å². The van der Waals surface area contributed by atoms with E-state index in [4.69, 9.17) is 16.2 Å². The Labute approximate surface area is 117 Å². The zero-order chi connectivity index (χ0) is 14.7. The van der Waals surface area contributed by atoms with E-state index in [9.17, 15) is 14.4 Å². The average molecular weight is 293 g/mol. The van der Waals surface area contributed by atoms with Gasteiger partial charge in [0.2, 0.25) is 0 Å². The molecule has 2 aromatic rings. The fourth-order valence-electron chi connectivity index (χ4n) is 1.54. The van der Waals surface area contributed by atoms with Gasteiger partial charge in [0.25, 0.3) is 5.91 Å². The number of anilines is 1. The summed E-state index contributed by atoms with van der Waals surface area (Å²) < 4.78 is 5.65. The van der Waals surface area contributed by atoms with Crippen molar-refractivity contribution in [2.45, 2.75) is 0 Å². The van der Waals surface area contributed by atoms with E-state index in [1.807, 2.05) is 0 Å². The van der Waals surface area contributed by atoms with E-state index in [0.29, 0.717) is 10.6 Å². The largest absolute Gasteiger partial charge is 0.451 e. The standard InChI is InChI=1S/C12H11N3O4S/c13-7-1-2-8-6(3-7)4-9(20-8)11(17)19-5-10(16)15-12(14)18/h1-4H,5,13H2,(H3,14,15,16,18). The van der Waals surface area contributed by atoms with Gasteiger partial charge in [-0.1, -0.05) is 0 Å². The molecule has 0 spiro atoms. The molecule has 0 unspecified atom stereocenters. The lowest BCUT2D eigenvalue weighted by Crippen LogP contribution is -2.37. The van der Waals surface area contributed by atoms with Gasteiger partial charge in [-0.3, -0.25) is 10.1 Å². The van der Waals surface area contributed by atoms with Crippen LogP contribution in [0.3, 0.4) is 0 Å². The maximum absolute atomic E-state index is 11.8. The van der Waals surface area contributed by atoms with Crippen LogP contribution in [0.2, 0.25) is 0 Å². The van der Waals surface area contributed by atoms with Gasteiger partial charge in [0.15, 0.2) is 6.61 Å². The lowest BCUT2D eigenvalue weighted by atomic mass is 10.2. The Balaban J connectivity index is 2.04. The normalized spacial score (nSPS) is 10.2. The van der Waals surface area contributed by atoms with Crippen LogP contribution in [0.1, 0.15) is 9.67 Å². The number of rotatable bonds is 3. The van der Waals surface area contributed by atoms with Gasteiger partial charge in [-0.25, -0.2) is 9.59 Å². The molecular weight excluding hydrogens is 282 g/mol. The molecule has 8 heteroatoms. The topological polar surface area (TPSA) is 125 Å². The van der Waals surface area contributed by atoms with Crippen molar-refractivity contribution in [2.75, 3.05) is 12.3 Å². The number of amides is 3. The highest BCUT2D eigenvalue weighted by atomic mass is 32.1. The number of ether oxygens (including phenoxy) is 1. The predicted octanol–water partition coefficient (Wildman–Crippen LogP) is 0.835. The van der Waals surface area contributed by atoms with Crippen molar-refractivity contribution in [3.63, 3.8) is 0 Å². The summed E-state index contributed by atoms with van der Waals surface area (Å²) in [4.78, 5) is 33.6. The predicted molar refractivity (Wildman–Crippen MR) is 74.2 cm³/mol. The molecule has 0 aliphatic carbocycles. The van der Waals surface area contributed by atoms with Gasteiger partial charge in [-0.05, 0) is 29.7 Å². The van der Waals surface area contributed by atoms with Gasteiger partial charge >= 0.3 is 12.0 Å². The smallest absolute Gasteiger partial charge is 0.348 e. The molecule has 3 amide bonds. The van der Waals surface area contributed by atoms with Crippen LogP contribution in [-0.4, -0.2) is 24.5 Å². The van der Waals surface area contributed by atoms with Gasteiger partial charge in [0.05, 0.1) is 0 Å².